The summed E-state index contributed by atoms with van der Waals surface area (Å²) in [5, 5.41) is 4.47. The number of likely N-dealkylation sites (N-methyl/N-ethyl adjacent to an activating group) is 1. The first-order valence-corrected chi connectivity index (χ1v) is 8.61. The van der Waals surface area contributed by atoms with Gasteiger partial charge >= 0.3 is 0 Å². The highest BCUT2D eigenvalue weighted by Gasteiger charge is 2.27. The molecule has 7 nitrogen and oxygen atoms in total. The number of aromatic nitrogens is 3. The molecule has 0 radical (unpaired) electrons. The number of hydrogen-bond donors (Lipinski definition) is 1. The number of H-pyrrole nitrogens is 1. The molecule has 0 spiro atoms. The first-order valence-electron chi connectivity index (χ1n) is 8.61. The maximum Gasteiger partial charge on any atom is 0.258 e. The van der Waals surface area contributed by atoms with Crippen molar-refractivity contribution in [2.45, 2.75) is 40.2 Å². The summed E-state index contributed by atoms with van der Waals surface area (Å²) in [6.45, 7) is 8.11. The van der Waals surface area contributed by atoms with Crippen molar-refractivity contribution in [1.29, 1.82) is 0 Å². The summed E-state index contributed by atoms with van der Waals surface area (Å²) in [6.07, 6.45) is 0. The maximum atomic E-state index is 13.0. The smallest absolute Gasteiger partial charge is 0.258 e. The fourth-order valence-electron chi connectivity index (χ4n) is 3.24. The average molecular weight is 354 g/mol. The number of amides is 1. The van der Waals surface area contributed by atoms with Crippen molar-refractivity contribution >= 4 is 16.8 Å². The number of aryl methyl sites for hydroxylation is 2. The largest absolute Gasteiger partial charge is 0.361 e. The Bertz CT molecular complexity index is 986. The van der Waals surface area contributed by atoms with E-state index in [-0.39, 0.29) is 23.9 Å². The topological polar surface area (TPSA) is 92.1 Å². The van der Waals surface area contributed by atoms with Crippen molar-refractivity contribution in [2.24, 2.45) is 0 Å². The first-order chi connectivity index (χ1) is 12.4. The molecule has 0 aliphatic carbocycles. The minimum absolute atomic E-state index is 0.0577. The molecule has 0 bridgehead atoms. The lowest BCUT2D eigenvalue weighted by atomic mass is 9.98. The zero-order chi connectivity index (χ0) is 18.8. The van der Waals surface area contributed by atoms with Gasteiger partial charge in [0.1, 0.15) is 11.6 Å². The van der Waals surface area contributed by atoms with Crippen LogP contribution in [-0.2, 0) is 11.3 Å². The third-order valence-corrected chi connectivity index (χ3v) is 4.59. The zero-order valence-corrected chi connectivity index (χ0v) is 15.4. The molecule has 136 valence electrons. The van der Waals surface area contributed by atoms with Gasteiger partial charge in [-0.3, -0.25) is 9.59 Å². The molecular formula is C19H22N4O3. The Morgan fingerprint density at radius 2 is 2.04 bits per heavy atom. The Labute approximate surface area is 151 Å². The Kier molecular flexibility index (Phi) is 4.88. The second-order valence-electron chi connectivity index (χ2n) is 6.34. The summed E-state index contributed by atoms with van der Waals surface area (Å²) >= 11 is 0. The summed E-state index contributed by atoms with van der Waals surface area (Å²) in [5.41, 5.74) is 1.95. The van der Waals surface area contributed by atoms with E-state index >= 15 is 0 Å². The molecule has 0 saturated heterocycles. The third kappa shape index (κ3) is 3.24. The Morgan fingerprint density at radius 3 is 2.69 bits per heavy atom. The average Bonchev–Trinajstić information content (AvgIpc) is 2.97. The van der Waals surface area contributed by atoms with E-state index in [4.69, 9.17) is 4.52 Å². The molecule has 1 N–H and O–H groups in total. The van der Waals surface area contributed by atoms with Gasteiger partial charge in [0.25, 0.3) is 5.56 Å². The number of carbonyl (C=O) groups excluding carboxylic acids is 1. The predicted molar refractivity (Wildman–Crippen MR) is 97.8 cm³/mol. The molecule has 0 saturated carbocycles. The van der Waals surface area contributed by atoms with Gasteiger partial charge in [0.15, 0.2) is 0 Å². The van der Waals surface area contributed by atoms with E-state index in [1.807, 2.05) is 26.8 Å². The number of nitrogens with zero attached hydrogens (tertiary/aromatic N) is 3. The molecule has 26 heavy (non-hydrogen) atoms. The molecule has 2 aromatic heterocycles. The van der Waals surface area contributed by atoms with Gasteiger partial charge in [0.2, 0.25) is 5.91 Å². The number of hydrogen-bond acceptors (Lipinski definition) is 5. The molecule has 1 atom stereocenters. The van der Waals surface area contributed by atoms with Crippen molar-refractivity contribution in [3.8, 4) is 0 Å². The van der Waals surface area contributed by atoms with Crippen LogP contribution < -0.4 is 5.56 Å². The molecule has 1 amide bonds. The molecule has 3 rings (SSSR count). The molecular weight excluding hydrogens is 332 g/mol. The highest BCUT2D eigenvalue weighted by molar-refractivity contribution is 5.84. The van der Waals surface area contributed by atoms with E-state index in [1.54, 1.807) is 30.0 Å². The van der Waals surface area contributed by atoms with Gasteiger partial charge in [0, 0.05) is 12.1 Å². The summed E-state index contributed by atoms with van der Waals surface area (Å²) in [4.78, 5) is 34.1. The van der Waals surface area contributed by atoms with E-state index in [9.17, 15) is 9.59 Å². The fourth-order valence-corrected chi connectivity index (χ4v) is 3.24. The van der Waals surface area contributed by atoms with E-state index in [0.29, 0.717) is 29.0 Å². The number of benzene rings is 1. The highest BCUT2D eigenvalue weighted by atomic mass is 16.5. The summed E-state index contributed by atoms with van der Waals surface area (Å²) in [7, 11) is 0. The van der Waals surface area contributed by atoms with Gasteiger partial charge in [-0.2, -0.15) is 0 Å². The van der Waals surface area contributed by atoms with Crippen molar-refractivity contribution in [1.82, 2.24) is 20.0 Å². The molecule has 0 aliphatic rings. The van der Waals surface area contributed by atoms with Gasteiger partial charge < -0.3 is 14.4 Å². The fraction of sp³-hybridized carbons (Fsp3) is 0.368. The second-order valence-corrected chi connectivity index (χ2v) is 6.34. The van der Waals surface area contributed by atoms with Crippen LogP contribution in [-0.4, -0.2) is 32.5 Å². The van der Waals surface area contributed by atoms with Crippen LogP contribution in [0.4, 0.5) is 0 Å². The standard InChI is InChI=1S/C19H22N4O3/c1-5-23(19(25)11(2)17-12(3)22-26-13(17)4)10-16-20-15-9-7-6-8-14(15)18(24)21-16/h6-9,11H,5,10H2,1-4H3,(H,20,21,24)/t11-/m1/s1. The number of rotatable bonds is 5. The van der Waals surface area contributed by atoms with Gasteiger partial charge in [0.05, 0.1) is 29.1 Å². The van der Waals surface area contributed by atoms with Gasteiger partial charge in [-0.1, -0.05) is 17.3 Å². The van der Waals surface area contributed by atoms with Crippen LogP contribution in [0.3, 0.4) is 0 Å². The van der Waals surface area contributed by atoms with Crippen LogP contribution in [0.5, 0.6) is 0 Å². The lowest BCUT2D eigenvalue weighted by Gasteiger charge is -2.24. The van der Waals surface area contributed by atoms with Crippen LogP contribution in [0.15, 0.2) is 33.6 Å². The molecule has 1 aromatic carbocycles. The van der Waals surface area contributed by atoms with E-state index in [1.165, 1.54) is 0 Å². The Balaban J connectivity index is 1.88. The minimum atomic E-state index is -0.381. The number of para-hydroxylation sites is 1. The number of carbonyl (C=O) groups is 1. The van der Waals surface area contributed by atoms with Crippen LogP contribution in [0.2, 0.25) is 0 Å². The van der Waals surface area contributed by atoms with Gasteiger partial charge in [-0.25, -0.2) is 4.98 Å². The molecule has 7 heteroatoms. The predicted octanol–water partition coefficient (Wildman–Crippen LogP) is 2.68. The quantitative estimate of drug-likeness (QED) is 0.760. The maximum absolute atomic E-state index is 13.0. The Hall–Kier alpha value is -2.96. The molecule has 3 aromatic rings. The lowest BCUT2D eigenvalue weighted by molar-refractivity contribution is -0.133. The third-order valence-electron chi connectivity index (χ3n) is 4.59. The van der Waals surface area contributed by atoms with E-state index in [0.717, 1.165) is 11.3 Å². The monoisotopic (exact) mass is 354 g/mol. The summed E-state index contributed by atoms with van der Waals surface area (Å²) < 4.78 is 5.18. The van der Waals surface area contributed by atoms with Crippen molar-refractivity contribution in [3.05, 3.63) is 57.5 Å². The van der Waals surface area contributed by atoms with Crippen molar-refractivity contribution in [2.75, 3.05) is 6.54 Å². The number of nitrogens with one attached hydrogen (secondary N) is 1. The molecule has 0 unspecified atom stereocenters. The molecule has 0 fully saturated rings. The first kappa shape index (κ1) is 17.8. The normalized spacial score (nSPS) is 12.3. The van der Waals surface area contributed by atoms with Crippen LogP contribution >= 0.6 is 0 Å². The van der Waals surface area contributed by atoms with Crippen LogP contribution in [0, 0.1) is 13.8 Å². The molecule has 2 heterocycles. The van der Waals surface area contributed by atoms with Crippen LogP contribution in [0.1, 0.15) is 42.6 Å². The van der Waals surface area contributed by atoms with E-state index in [2.05, 4.69) is 15.1 Å². The zero-order valence-electron chi connectivity index (χ0n) is 15.4. The summed E-state index contributed by atoms with van der Waals surface area (Å²) in [6, 6.07) is 7.15. The van der Waals surface area contributed by atoms with Crippen molar-refractivity contribution in [3.63, 3.8) is 0 Å². The molecule has 0 aliphatic heterocycles. The SMILES string of the molecule is CCN(Cc1nc2ccccc2c(=O)[nH]1)C(=O)[C@H](C)c1c(C)noc1C. The Morgan fingerprint density at radius 1 is 1.31 bits per heavy atom. The minimum Gasteiger partial charge on any atom is -0.361 e. The van der Waals surface area contributed by atoms with Crippen LogP contribution in [0.25, 0.3) is 10.9 Å². The summed E-state index contributed by atoms with van der Waals surface area (Å²) in [5.74, 6) is 0.678. The highest BCUT2D eigenvalue weighted by Crippen LogP contribution is 2.25. The lowest BCUT2D eigenvalue weighted by Crippen LogP contribution is -2.35. The van der Waals surface area contributed by atoms with Crippen molar-refractivity contribution < 1.29 is 9.32 Å². The number of fused-ring (bicyclic) bond motifs is 1. The van der Waals surface area contributed by atoms with Gasteiger partial charge in [-0.05, 0) is 39.8 Å². The number of aromatic amines is 1. The van der Waals surface area contributed by atoms with Gasteiger partial charge in [-0.15, -0.1) is 0 Å². The van der Waals surface area contributed by atoms with E-state index < -0.39 is 0 Å². The second kappa shape index (κ2) is 7.11.